The van der Waals surface area contributed by atoms with Crippen molar-refractivity contribution in [1.29, 1.82) is 0 Å². The monoisotopic (exact) mass is 533 g/mol. The number of ketones is 1. The molecule has 0 spiro atoms. The number of anilines is 1. The molecule has 3 aromatic carbocycles. The Hall–Kier alpha value is -4.91. The Bertz CT molecular complexity index is 1550. The summed E-state index contributed by atoms with van der Waals surface area (Å²) >= 11 is 0. The van der Waals surface area contributed by atoms with Crippen molar-refractivity contribution in [3.63, 3.8) is 0 Å². The maximum absolute atomic E-state index is 13.4. The number of rotatable bonds is 8. The SMILES string of the molecule is Cc1cccc(COc2ccc(/C(O)=C3\C(=O)C(=O)N(Cc4cccnc4)[C@@H]3c3ccc(N(C)C)cc3)cc2)c1. The van der Waals surface area contributed by atoms with E-state index in [0.717, 1.165) is 27.9 Å². The van der Waals surface area contributed by atoms with Crippen LogP contribution in [-0.2, 0) is 22.7 Å². The predicted octanol–water partition coefficient (Wildman–Crippen LogP) is 5.66. The minimum atomic E-state index is -0.756. The molecule has 0 saturated carbocycles. The third kappa shape index (κ3) is 5.59. The summed E-state index contributed by atoms with van der Waals surface area (Å²) in [7, 11) is 3.88. The maximum atomic E-state index is 13.4. The zero-order valence-corrected chi connectivity index (χ0v) is 22.7. The molecule has 1 saturated heterocycles. The molecule has 4 aromatic rings. The van der Waals surface area contributed by atoms with Crippen LogP contribution in [0.25, 0.3) is 5.76 Å². The van der Waals surface area contributed by atoms with E-state index in [2.05, 4.69) is 11.1 Å². The number of carbonyl (C=O) groups excluding carboxylic acids is 2. The summed E-state index contributed by atoms with van der Waals surface area (Å²) in [6, 6.07) is 25.5. The standard InChI is InChI=1S/C33H31N3O4/c1-22-6-4-7-23(18-22)21-40-28-15-11-26(12-16-28)31(37)29-30(25-9-13-27(14-10-25)35(2)3)36(33(39)32(29)38)20-24-8-5-17-34-19-24/h4-19,30,37H,20-21H2,1-3H3/b31-29+/t30-/m1/s1. The number of hydrogen-bond acceptors (Lipinski definition) is 6. The molecule has 1 aliphatic rings. The van der Waals surface area contributed by atoms with Gasteiger partial charge in [0.05, 0.1) is 11.6 Å². The van der Waals surface area contributed by atoms with Crippen LogP contribution in [-0.4, -0.2) is 40.8 Å². The van der Waals surface area contributed by atoms with Gasteiger partial charge in [0.1, 0.15) is 18.1 Å². The first-order valence-electron chi connectivity index (χ1n) is 13.0. The second-order valence-electron chi connectivity index (χ2n) is 10.1. The second kappa shape index (κ2) is 11.5. The molecule has 202 valence electrons. The smallest absolute Gasteiger partial charge is 0.295 e. The molecule has 1 fully saturated rings. The van der Waals surface area contributed by atoms with Crippen LogP contribution in [0.3, 0.4) is 0 Å². The fourth-order valence-corrected chi connectivity index (χ4v) is 4.87. The number of Topliss-reactive ketones (excluding diaryl/α,β-unsaturated/α-hetero) is 1. The molecule has 40 heavy (non-hydrogen) atoms. The molecule has 1 atom stereocenters. The highest BCUT2D eigenvalue weighted by Gasteiger charge is 2.46. The van der Waals surface area contributed by atoms with Crippen LogP contribution in [0, 0.1) is 6.92 Å². The number of pyridine rings is 1. The number of likely N-dealkylation sites (tertiary alicyclic amines) is 1. The number of carbonyl (C=O) groups is 2. The topological polar surface area (TPSA) is 83.0 Å². The van der Waals surface area contributed by atoms with E-state index in [0.29, 0.717) is 17.9 Å². The molecule has 0 bridgehead atoms. The second-order valence-corrected chi connectivity index (χ2v) is 10.1. The van der Waals surface area contributed by atoms with Crippen molar-refractivity contribution in [2.75, 3.05) is 19.0 Å². The summed E-state index contributed by atoms with van der Waals surface area (Å²) in [5.41, 5.74) is 5.20. The molecule has 0 aliphatic carbocycles. The van der Waals surface area contributed by atoms with Gasteiger partial charge < -0.3 is 19.6 Å². The van der Waals surface area contributed by atoms with Gasteiger partial charge in [0.2, 0.25) is 0 Å². The largest absolute Gasteiger partial charge is 0.507 e. The summed E-state index contributed by atoms with van der Waals surface area (Å²) in [5.74, 6) is -0.974. The molecule has 5 rings (SSSR count). The van der Waals surface area contributed by atoms with E-state index in [9.17, 15) is 14.7 Å². The Morgan fingerprint density at radius 2 is 1.68 bits per heavy atom. The van der Waals surface area contributed by atoms with Crippen LogP contribution < -0.4 is 9.64 Å². The molecule has 1 amide bonds. The lowest BCUT2D eigenvalue weighted by Crippen LogP contribution is -2.29. The number of aryl methyl sites for hydroxylation is 1. The van der Waals surface area contributed by atoms with Gasteiger partial charge in [0, 0.05) is 44.3 Å². The minimum absolute atomic E-state index is 0.0555. The quantitative estimate of drug-likeness (QED) is 0.179. The number of nitrogens with zero attached hydrogens (tertiary/aromatic N) is 3. The van der Waals surface area contributed by atoms with Gasteiger partial charge in [0.15, 0.2) is 0 Å². The number of hydrogen-bond donors (Lipinski definition) is 1. The van der Waals surface area contributed by atoms with E-state index >= 15 is 0 Å². The molecule has 1 aromatic heterocycles. The van der Waals surface area contributed by atoms with Crippen molar-refractivity contribution in [2.24, 2.45) is 0 Å². The fraction of sp³-hybridized carbons (Fsp3) is 0.182. The van der Waals surface area contributed by atoms with Crippen molar-refractivity contribution in [3.8, 4) is 5.75 Å². The third-order valence-corrected chi connectivity index (χ3v) is 6.96. The molecule has 1 N–H and O–H groups in total. The molecule has 1 aliphatic heterocycles. The van der Waals surface area contributed by atoms with Crippen LogP contribution >= 0.6 is 0 Å². The number of ether oxygens (including phenoxy) is 1. The number of aromatic nitrogens is 1. The van der Waals surface area contributed by atoms with E-state index in [1.165, 1.54) is 4.90 Å². The average Bonchev–Trinajstić information content (AvgIpc) is 3.21. The van der Waals surface area contributed by atoms with Gasteiger partial charge in [0.25, 0.3) is 11.7 Å². The summed E-state index contributed by atoms with van der Waals surface area (Å²) in [5, 5.41) is 11.4. The van der Waals surface area contributed by atoms with Gasteiger partial charge in [-0.15, -0.1) is 0 Å². The van der Waals surface area contributed by atoms with Crippen LogP contribution in [0.5, 0.6) is 5.75 Å². The molecule has 0 radical (unpaired) electrons. The van der Waals surface area contributed by atoms with Crippen molar-refractivity contribution in [2.45, 2.75) is 26.1 Å². The predicted molar refractivity (Wildman–Crippen MR) is 155 cm³/mol. The van der Waals surface area contributed by atoms with E-state index < -0.39 is 17.7 Å². The van der Waals surface area contributed by atoms with Crippen LogP contribution in [0.15, 0.2) is 103 Å². The Morgan fingerprint density at radius 3 is 2.33 bits per heavy atom. The van der Waals surface area contributed by atoms with Gasteiger partial charge in [-0.05, 0) is 66.1 Å². The van der Waals surface area contributed by atoms with Gasteiger partial charge in [-0.2, -0.15) is 0 Å². The molecular formula is C33H31N3O4. The van der Waals surface area contributed by atoms with Crippen molar-refractivity contribution < 1.29 is 19.4 Å². The maximum Gasteiger partial charge on any atom is 0.295 e. The van der Waals surface area contributed by atoms with Crippen LogP contribution in [0.1, 0.15) is 33.9 Å². The normalized spacial score (nSPS) is 16.3. The van der Waals surface area contributed by atoms with Gasteiger partial charge in [-0.3, -0.25) is 14.6 Å². The lowest BCUT2D eigenvalue weighted by atomic mass is 9.95. The first-order chi connectivity index (χ1) is 19.3. The zero-order chi connectivity index (χ0) is 28.2. The summed E-state index contributed by atoms with van der Waals surface area (Å²) in [6.45, 7) is 2.63. The number of amides is 1. The first kappa shape index (κ1) is 26.7. The summed E-state index contributed by atoms with van der Waals surface area (Å²) in [4.78, 5) is 34.3. The third-order valence-electron chi connectivity index (χ3n) is 6.96. The Morgan fingerprint density at radius 1 is 0.950 bits per heavy atom. The lowest BCUT2D eigenvalue weighted by Gasteiger charge is -2.26. The summed E-state index contributed by atoms with van der Waals surface area (Å²) in [6.07, 6.45) is 3.32. The molecule has 2 heterocycles. The molecule has 7 heteroatoms. The van der Waals surface area contributed by atoms with E-state index in [1.54, 1.807) is 42.7 Å². The zero-order valence-electron chi connectivity index (χ0n) is 22.7. The number of aliphatic hydroxyl groups is 1. The minimum Gasteiger partial charge on any atom is -0.507 e. The number of aliphatic hydroxyl groups excluding tert-OH is 1. The Labute approximate surface area is 234 Å². The lowest BCUT2D eigenvalue weighted by molar-refractivity contribution is -0.140. The molecular weight excluding hydrogens is 502 g/mol. The van der Waals surface area contributed by atoms with Crippen LogP contribution in [0.2, 0.25) is 0 Å². The average molecular weight is 534 g/mol. The summed E-state index contributed by atoms with van der Waals surface area (Å²) < 4.78 is 5.91. The highest BCUT2D eigenvalue weighted by Crippen LogP contribution is 2.40. The molecule has 7 nitrogen and oxygen atoms in total. The van der Waals surface area contributed by atoms with E-state index in [-0.39, 0.29) is 17.9 Å². The van der Waals surface area contributed by atoms with E-state index in [4.69, 9.17) is 4.74 Å². The Balaban J connectivity index is 1.48. The van der Waals surface area contributed by atoms with Crippen molar-refractivity contribution in [3.05, 3.63) is 131 Å². The van der Waals surface area contributed by atoms with Gasteiger partial charge in [-0.1, -0.05) is 48.0 Å². The van der Waals surface area contributed by atoms with Crippen LogP contribution in [0.4, 0.5) is 5.69 Å². The molecule has 0 unspecified atom stereocenters. The Kier molecular flexibility index (Phi) is 7.64. The number of benzene rings is 3. The fourth-order valence-electron chi connectivity index (χ4n) is 4.87. The van der Waals surface area contributed by atoms with Gasteiger partial charge in [-0.25, -0.2) is 0 Å². The highest BCUT2D eigenvalue weighted by molar-refractivity contribution is 6.46. The van der Waals surface area contributed by atoms with Gasteiger partial charge >= 0.3 is 0 Å². The van der Waals surface area contributed by atoms with E-state index in [1.807, 2.05) is 74.4 Å². The first-order valence-corrected chi connectivity index (χ1v) is 13.0. The van der Waals surface area contributed by atoms with Crippen molar-refractivity contribution in [1.82, 2.24) is 9.88 Å². The highest BCUT2D eigenvalue weighted by atomic mass is 16.5. The van der Waals surface area contributed by atoms with Crippen molar-refractivity contribution >= 4 is 23.1 Å².